The van der Waals surface area contributed by atoms with E-state index in [0.717, 1.165) is 16.7 Å². The monoisotopic (exact) mass is 383 g/mol. The minimum Gasteiger partial charge on any atom is -0.489 e. The van der Waals surface area contributed by atoms with E-state index < -0.39 is 12.0 Å². The zero-order valence-corrected chi connectivity index (χ0v) is 16.1. The highest BCUT2D eigenvalue weighted by molar-refractivity contribution is 5.85. The molecule has 2 aromatic rings. The molecule has 1 heterocycles. The topological polar surface area (TPSA) is 76.1 Å². The normalized spacial score (nSPS) is 18.9. The number of nitrogens with zero attached hydrogens (tertiary/aromatic N) is 1. The van der Waals surface area contributed by atoms with E-state index in [1.165, 1.54) is 12.0 Å². The number of ether oxygens (including phenoxy) is 2. The molecule has 148 valence electrons. The van der Waals surface area contributed by atoms with Gasteiger partial charge in [-0.05, 0) is 35.7 Å². The number of benzene rings is 2. The molecular formula is C22H25NO5. The van der Waals surface area contributed by atoms with Crippen molar-refractivity contribution < 1.29 is 24.2 Å². The van der Waals surface area contributed by atoms with Crippen molar-refractivity contribution in [3.63, 3.8) is 0 Å². The lowest BCUT2D eigenvalue weighted by Crippen LogP contribution is -2.41. The first-order valence-corrected chi connectivity index (χ1v) is 9.29. The van der Waals surface area contributed by atoms with Crippen LogP contribution in [0.25, 0.3) is 0 Å². The number of hydrogen-bond acceptors (Lipinski definition) is 4. The molecule has 1 saturated heterocycles. The maximum absolute atomic E-state index is 12.7. The van der Waals surface area contributed by atoms with Gasteiger partial charge >= 0.3 is 5.97 Å². The van der Waals surface area contributed by atoms with Crippen molar-refractivity contribution in [3.8, 4) is 5.75 Å². The molecule has 2 unspecified atom stereocenters. The summed E-state index contributed by atoms with van der Waals surface area (Å²) in [6.07, 6.45) is 0.202. The number of aliphatic carboxylic acids is 1. The second-order valence-corrected chi connectivity index (χ2v) is 7.03. The van der Waals surface area contributed by atoms with Gasteiger partial charge in [-0.3, -0.25) is 4.79 Å². The Morgan fingerprint density at radius 1 is 1.18 bits per heavy atom. The largest absolute Gasteiger partial charge is 0.489 e. The highest BCUT2D eigenvalue weighted by atomic mass is 16.5. The predicted molar refractivity (Wildman–Crippen MR) is 104 cm³/mol. The Balaban J connectivity index is 1.64. The van der Waals surface area contributed by atoms with E-state index in [0.29, 0.717) is 25.3 Å². The predicted octanol–water partition coefficient (Wildman–Crippen LogP) is 2.82. The fraction of sp³-hybridized carbons (Fsp3) is 0.364. The van der Waals surface area contributed by atoms with Gasteiger partial charge in [-0.2, -0.15) is 0 Å². The average molecular weight is 383 g/mol. The van der Waals surface area contributed by atoms with Crippen molar-refractivity contribution in [1.29, 1.82) is 0 Å². The third-order valence-corrected chi connectivity index (χ3v) is 5.11. The number of hydrogen-bond donors (Lipinski definition) is 1. The lowest BCUT2D eigenvalue weighted by atomic mass is 10.1. The second kappa shape index (κ2) is 8.89. The molecule has 2 aromatic carbocycles. The Kier molecular flexibility index (Phi) is 6.31. The molecule has 0 bridgehead atoms. The maximum Gasteiger partial charge on any atom is 0.326 e. The van der Waals surface area contributed by atoms with E-state index in [1.54, 1.807) is 0 Å². The standard InChI is InChI=1S/C22H25NO5/c1-15-6-3-4-8-17(15)14-28-18-9-5-7-16(10-18)11-21(24)23-13-19(27-2)12-20(23)22(25)26/h3-10,19-20H,11-14H2,1-2H3,(H,25,26). The molecule has 0 aliphatic carbocycles. The summed E-state index contributed by atoms with van der Waals surface area (Å²) in [7, 11) is 1.53. The number of rotatable bonds is 7. The Labute approximate surface area is 164 Å². The van der Waals surface area contributed by atoms with Crippen LogP contribution in [0.5, 0.6) is 5.75 Å². The summed E-state index contributed by atoms with van der Waals surface area (Å²) >= 11 is 0. The van der Waals surface area contributed by atoms with E-state index in [-0.39, 0.29) is 18.4 Å². The van der Waals surface area contributed by atoms with Gasteiger partial charge in [0, 0.05) is 20.1 Å². The first-order chi connectivity index (χ1) is 13.5. The lowest BCUT2D eigenvalue weighted by molar-refractivity contribution is -0.148. The molecule has 1 amide bonds. The van der Waals surface area contributed by atoms with Gasteiger partial charge in [0.2, 0.25) is 5.91 Å². The molecule has 6 nitrogen and oxygen atoms in total. The summed E-state index contributed by atoms with van der Waals surface area (Å²) in [5, 5.41) is 9.39. The minimum absolute atomic E-state index is 0.127. The van der Waals surface area contributed by atoms with Crippen LogP contribution in [0, 0.1) is 6.92 Å². The van der Waals surface area contributed by atoms with Gasteiger partial charge < -0.3 is 19.5 Å². The third-order valence-electron chi connectivity index (χ3n) is 5.11. The summed E-state index contributed by atoms with van der Waals surface area (Å²) in [5.74, 6) is -0.536. The minimum atomic E-state index is -0.997. The van der Waals surface area contributed by atoms with Crippen molar-refractivity contribution in [1.82, 2.24) is 4.90 Å². The number of amides is 1. The van der Waals surface area contributed by atoms with Crippen LogP contribution < -0.4 is 4.74 Å². The molecule has 1 aliphatic rings. The van der Waals surface area contributed by atoms with Gasteiger partial charge in [0.1, 0.15) is 18.4 Å². The first kappa shape index (κ1) is 19.9. The Morgan fingerprint density at radius 2 is 1.96 bits per heavy atom. The molecule has 3 rings (SSSR count). The van der Waals surface area contributed by atoms with E-state index in [4.69, 9.17) is 9.47 Å². The summed E-state index contributed by atoms with van der Waals surface area (Å²) in [6.45, 7) is 2.79. The van der Waals surface area contributed by atoms with Gasteiger partial charge in [0.05, 0.1) is 12.5 Å². The molecule has 1 aliphatic heterocycles. The quantitative estimate of drug-likeness (QED) is 0.796. The summed E-state index contributed by atoms with van der Waals surface area (Å²) in [6, 6.07) is 14.6. The van der Waals surface area contributed by atoms with E-state index in [2.05, 4.69) is 0 Å². The maximum atomic E-state index is 12.7. The fourth-order valence-electron chi connectivity index (χ4n) is 3.43. The number of carbonyl (C=O) groups excluding carboxylic acids is 1. The molecule has 2 atom stereocenters. The average Bonchev–Trinajstić information content (AvgIpc) is 3.13. The van der Waals surface area contributed by atoms with Gasteiger partial charge in [-0.15, -0.1) is 0 Å². The Hall–Kier alpha value is -2.86. The zero-order chi connectivity index (χ0) is 20.1. The summed E-state index contributed by atoms with van der Waals surface area (Å²) < 4.78 is 11.1. The lowest BCUT2D eigenvalue weighted by Gasteiger charge is -2.21. The number of aryl methyl sites for hydroxylation is 1. The van der Waals surface area contributed by atoms with Gasteiger partial charge in [0.15, 0.2) is 0 Å². The second-order valence-electron chi connectivity index (χ2n) is 7.03. The zero-order valence-electron chi connectivity index (χ0n) is 16.1. The Bertz CT molecular complexity index is 850. The number of carboxylic acids is 1. The molecule has 0 saturated carbocycles. The SMILES string of the molecule is COC1CC(C(=O)O)N(C(=O)Cc2cccc(OCc3ccccc3C)c2)C1. The molecule has 0 radical (unpaired) electrons. The smallest absolute Gasteiger partial charge is 0.326 e. The number of methoxy groups -OCH3 is 1. The van der Waals surface area contributed by atoms with Crippen LogP contribution in [-0.4, -0.2) is 47.7 Å². The van der Waals surface area contributed by atoms with Crippen LogP contribution in [0.3, 0.4) is 0 Å². The van der Waals surface area contributed by atoms with Crippen LogP contribution in [0.15, 0.2) is 48.5 Å². The summed E-state index contributed by atoms with van der Waals surface area (Å²) in [4.78, 5) is 25.6. The van der Waals surface area contributed by atoms with E-state index in [1.807, 2.05) is 55.5 Å². The van der Waals surface area contributed by atoms with Crippen molar-refractivity contribution in [2.45, 2.75) is 38.5 Å². The van der Waals surface area contributed by atoms with Crippen LogP contribution >= 0.6 is 0 Å². The summed E-state index contributed by atoms with van der Waals surface area (Å²) in [5.41, 5.74) is 3.06. The van der Waals surface area contributed by atoms with E-state index in [9.17, 15) is 14.7 Å². The first-order valence-electron chi connectivity index (χ1n) is 9.29. The van der Waals surface area contributed by atoms with Crippen molar-refractivity contribution in [3.05, 3.63) is 65.2 Å². The molecule has 1 fully saturated rings. The van der Waals surface area contributed by atoms with Crippen LogP contribution in [0.4, 0.5) is 0 Å². The Morgan fingerprint density at radius 3 is 2.68 bits per heavy atom. The van der Waals surface area contributed by atoms with E-state index >= 15 is 0 Å². The number of likely N-dealkylation sites (tertiary alicyclic amines) is 1. The van der Waals surface area contributed by atoms with Crippen molar-refractivity contribution in [2.24, 2.45) is 0 Å². The fourth-order valence-corrected chi connectivity index (χ4v) is 3.43. The van der Waals surface area contributed by atoms with Crippen molar-refractivity contribution >= 4 is 11.9 Å². The highest BCUT2D eigenvalue weighted by Crippen LogP contribution is 2.23. The molecule has 28 heavy (non-hydrogen) atoms. The highest BCUT2D eigenvalue weighted by Gasteiger charge is 2.39. The third kappa shape index (κ3) is 4.70. The van der Waals surface area contributed by atoms with Gasteiger partial charge in [-0.1, -0.05) is 36.4 Å². The molecule has 1 N–H and O–H groups in total. The van der Waals surface area contributed by atoms with Crippen molar-refractivity contribution in [2.75, 3.05) is 13.7 Å². The van der Waals surface area contributed by atoms with Crippen LogP contribution in [0.2, 0.25) is 0 Å². The van der Waals surface area contributed by atoms with Crippen LogP contribution in [-0.2, 0) is 27.4 Å². The van der Waals surface area contributed by atoms with Gasteiger partial charge in [-0.25, -0.2) is 4.79 Å². The molecular weight excluding hydrogens is 358 g/mol. The molecule has 0 aromatic heterocycles. The number of carboxylic acid groups (broad SMARTS) is 1. The molecule has 6 heteroatoms. The van der Waals surface area contributed by atoms with Gasteiger partial charge in [0.25, 0.3) is 0 Å². The van der Waals surface area contributed by atoms with Crippen LogP contribution in [0.1, 0.15) is 23.1 Å². The molecule has 0 spiro atoms. The number of carbonyl (C=O) groups is 2.